The molecule has 4 aliphatic heterocycles. The van der Waals surface area contributed by atoms with Gasteiger partial charge in [0.15, 0.2) is 23.3 Å². The number of fused-ring (bicyclic) bond motifs is 5. The summed E-state index contributed by atoms with van der Waals surface area (Å²) < 4.78 is 32.8. The lowest BCUT2D eigenvalue weighted by molar-refractivity contribution is 0.00578. The van der Waals surface area contributed by atoms with Gasteiger partial charge in [0.25, 0.3) is 0 Å². The van der Waals surface area contributed by atoms with Crippen LogP contribution in [0.4, 0.5) is 17.5 Å². The standard InChI is InChI=1S/C17H14ClN5OS.C13H17BN2O2.C10H9Cl2N3OS.C10H10ClN3OS/c18-14-8-13-15(25-14)17(23-4-6-24-7-5-23)21-16(20-13)10-2-1-3-12-11(10)9-19-22-12;1-12(2)13(3,4)18-14(17-12)10-6-5-7-11-9(10)8-15-16-11;11-7-5-6-8(17-7)9(14-10(12)13-6)15-1-3-16-4-2-15;11-10-12-7-1-6-16-8(7)9(13-10)14-2-4-15-5-3-14/h1-3,8-9H,4-7H2,(H,19,22);5-8H,1-4H3,(H,15,16);5H,1-4H2;1,6H,2-5H2. The number of thiophene rings is 3. The molecule has 14 rings (SSSR count). The van der Waals surface area contributed by atoms with Crippen LogP contribution in [0.3, 0.4) is 0 Å². The van der Waals surface area contributed by atoms with Gasteiger partial charge in [0.05, 0.1) is 114 Å². The molecule has 4 aliphatic rings. The zero-order chi connectivity index (χ0) is 52.6. The first-order valence-corrected chi connectivity index (χ1v) is 28.5. The highest BCUT2D eigenvalue weighted by molar-refractivity contribution is 7.23. The van der Waals surface area contributed by atoms with Crippen LogP contribution >= 0.6 is 80.4 Å². The minimum Gasteiger partial charge on any atom is -0.399 e. The number of aromatic nitrogens is 10. The van der Waals surface area contributed by atoms with E-state index in [0.717, 1.165) is 138 Å². The monoisotopic (exact) mass is 1160 g/mol. The second kappa shape index (κ2) is 22.7. The zero-order valence-corrected chi connectivity index (χ0v) is 47.2. The van der Waals surface area contributed by atoms with Crippen molar-refractivity contribution in [1.82, 2.24) is 50.3 Å². The molecule has 394 valence electrons. The van der Waals surface area contributed by atoms with Gasteiger partial charge in [-0.3, -0.25) is 10.2 Å². The Hall–Kier alpha value is -5.08. The Balaban J connectivity index is 0.000000110. The van der Waals surface area contributed by atoms with Gasteiger partial charge in [0.2, 0.25) is 10.6 Å². The van der Waals surface area contributed by atoms with E-state index in [-0.39, 0.29) is 23.6 Å². The third-order valence-corrected chi connectivity index (χ3v) is 17.3. The third-order valence-electron chi connectivity index (χ3n) is 13.6. The smallest absolute Gasteiger partial charge is 0.399 e. The zero-order valence-electron chi connectivity index (χ0n) is 41.7. The van der Waals surface area contributed by atoms with Crippen molar-refractivity contribution in [3.8, 4) is 11.4 Å². The number of H-pyrrole nitrogens is 2. The number of rotatable bonds is 5. The molecule has 0 spiro atoms. The molecule has 0 saturated carbocycles. The molecule has 2 aromatic carbocycles. The fraction of sp³-hybridized carbons (Fsp3) is 0.360. The number of anilines is 3. The van der Waals surface area contributed by atoms with Crippen molar-refractivity contribution in [2.45, 2.75) is 38.9 Å². The highest BCUT2D eigenvalue weighted by Crippen LogP contribution is 2.40. The Morgan fingerprint density at radius 2 is 1.01 bits per heavy atom. The minimum atomic E-state index is -0.337. The molecular weight excluding hydrogens is 1110 g/mol. The van der Waals surface area contributed by atoms with Crippen molar-refractivity contribution in [2.75, 3.05) is 93.6 Å². The summed E-state index contributed by atoms with van der Waals surface area (Å²) >= 11 is 28.8. The van der Waals surface area contributed by atoms with Crippen LogP contribution in [0.15, 0.2) is 72.4 Å². The summed E-state index contributed by atoms with van der Waals surface area (Å²) in [6.07, 6.45) is 3.63. The largest absolute Gasteiger partial charge is 0.495 e. The highest BCUT2D eigenvalue weighted by atomic mass is 35.5. The van der Waals surface area contributed by atoms with Gasteiger partial charge < -0.3 is 38.2 Å². The molecule has 0 bridgehead atoms. The number of hydrogen-bond acceptors (Lipinski definition) is 19. The molecule has 0 unspecified atom stereocenters. The fourth-order valence-corrected chi connectivity index (χ4v) is 12.5. The predicted octanol–water partition coefficient (Wildman–Crippen LogP) is 10.6. The summed E-state index contributed by atoms with van der Waals surface area (Å²) in [7, 11) is -0.337. The van der Waals surface area contributed by atoms with Crippen LogP contribution < -0.4 is 20.2 Å². The number of ether oxygens (including phenoxy) is 3. The Labute approximate surface area is 469 Å². The van der Waals surface area contributed by atoms with Gasteiger partial charge in [0.1, 0.15) is 0 Å². The van der Waals surface area contributed by atoms with E-state index >= 15 is 0 Å². The number of hydrogen-bond donors (Lipinski definition) is 2. The number of nitrogens with zero attached hydrogens (tertiary/aromatic N) is 11. The highest BCUT2D eigenvalue weighted by Gasteiger charge is 2.52. The number of benzene rings is 2. The van der Waals surface area contributed by atoms with Crippen LogP contribution in [0.1, 0.15) is 27.7 Å². The van der Waals surface area contributed by atoms with Crippen molar-refractivity contribution in [1.29, 1.82) is 0 Å². The fourth-order valence-electron chi connectivity index (χ4n) is 8.98. The molecular formula is C50H50BCl4N13O5S3. The lowest BCUT2D eigenvalue weighted by Gasteiger charge is -2.32. The Bertz CT molecular complexity index is 3640. The van der Waals surface area contributed by atoms with Crippen molar-refractivity contribution >= 4 is 163 Å². The van der Waals surface area contributed by atoms with E-state index in [2.05, 4.69) is 82.7 Å². The Morgan fingerprint density at radius 3 is 1.58 bits per heavy atom. The molecule has 76 heavy (non-hydrogen) atoms. The Morgan fingerprint density at radius 1 is 0.539 bits per heavy atom. The average Bonchev–Trinajstić information content (AvgIpc) is 4.33. The van der Waals surface area contributed by atoms with Crippen LogP contribution in [0.5, 0.6) is 0 Å². The molecule has 2 N–H and O–H groups in total. The van der Waals surface area contributed by atoms with Crippen LogP contribution in [0.2, 0.25) is 19.2 Å². The molecule has 4 saturated heterocycles. The van der Waals surface area contributed by atoms with Gasteiger partial charge >= 0.3 is 7.12 Å². The van der Waals surface area contributed by atoms with Crippen molar-refractivity contribution < 1.29 is 23.5 Å². The van der Waals surface area contributed by atoms with E-state index < -0.39 is 0 Å². The molecule has 18 nitrogen and oxygen atoms in total. The quantitative estimate of drug-likeness (QED) is 0.122. The van der Waals surface area contributed by atoms with Gasteiger partial charge in [-0.05, 0) is 92.1 Å². The molecule has 0 radical (unpaired) electrons. The second-order valence-electron chi connectivity index (χ2n) is 18.9. The summed E-state index contributed by atoms with van der Waals surface area (Å²) in [5.74, 6) is 3.42. The molecule has 26 heteroatoms. The maximum atomic E-state index is 6.26. The maximum Gasteiger partial charge on any atom is 0.495 e. The van der Waals surface area contributed by atoms with Crippen molar-refractivity contribution in [3.05, 3.63) is 91.6 Å². The van der Waals surface area contributed by atoms with E-state index in [0.29, 0.717) is 41.9 Å². The van der Waals surface area contributed by atoms with Gasteiger partial charge in [-0.1, -0.05) is 47.5 Å². The van der Waals surface area contributed by atoms with Gasteiger partial charge in [0, 0.05) is 55.6 Å². The summed E-state index contributed by atoms with van der Waals surface area (Å²) in [6.45, 7) is 17.5. The van der Waals surface area contributed by atoms with Crippen LogP contribution in [0.25, 0.3) is 63.8 Å². The normalized spacial score (nSPS) is 17.5. The first-order chi connectivity index (χ1) is 36.8. The summed E-state index contributed by atoms with van der Waals surface area (Å²) in [5.41, 5.74) is 5.94. The lowest BCUT2D eigenvalue weighted by atomic mass is 9.77. The van der Waals surface area contributed by atoms with Crippen molar-refractivity contribution in [3.63, 3.8) is 0 Å². The predicted molar refractivity (Wildman–Crippen MR) is 308 cm³/mol. The van der Waals surface area contributed by atoms with Gasteiger partial charge in [-0.25, -0.2) is 19.9 Å². The summed E-state index contributed by atoms with van der Waals surface area (Å²) in [4.78, 5) is 33.3. The van der Waals surface area contributed by atoms with E-state index in [9.17, 15) is 0 Å². The SMILES string of the molecule is CC1(C)OB(c2cccc3[nH]ncc23)OC1(C)C.Clc1cc2nc(-c3cccc4[nH]ncc34)nc(N3CCOCC3)c2s1.Clc1nc(N2CCOCC2)c2sc(Cl)cc2n1.Clc1nc(N2CCOCC2)c2sccc2n1. The molecule has 12 heterocycles. The number of morpholine rings is 3. The average molecular weight is 1160 g/mol. The first kappa shape index (κ1) is 53.0. The first-order valence-electron chi connectivity index (χ1n) is 24.5. The van der Waals surface area contributed by atoms with Crippen LogP contribution in [-0.2, 0) is 23.5 Å². The molecule has 8 aromatic heterocycles. The van der Waals surface area contributed by atoms with Gasteiger partial charge in [-0.15, -0.1) is 34.0 Å². The van der Waals surface area contributed by atoms with E-state index in [4.69, 9.17) is 79.9 Å². The van der Waals surface area contributed by atoms with Crippen LogP contribution in [-0.4, -0.2) is 148 Å². The van der Waals surface area contributed by atoms with Crippen molar-refractivity contribution in [2.24, 2.45) is 0 Å². The van der Waals surface area contributed by atoms with E-state index in [1.807, 2.05) is 72.4 Å². The number of halogens is 4. The molecule has 0 amide bonds. The van der Waals surface area contributed by atoms with Crippen LogP contribution in [0, 0.1) is 0 Å². The lowest BCUT2D eigenvalue weighted by Crippen LogP contribution is -2.41. The molecule has 0 aliphatic carbocycles. The van der Waals surface area contributed by atoms with E-state index in [1.165, 1.54) is 22.7 Å². The topological polar surface area (TPSA) is 191 Å². The number of nitrogens with one attached hydrogen (secondary N) is 2. The molecule has 10 aromatic rings. The summed E-state index contributed by atoms with van der Waals surface area (Å²) in [5, 5.41) is 18.8. The van der Waals surface area contributed by atoms with Gasteiger partial charge in [-0.2, -0.15) is 20.2 Å². The molecule has 0 atom stereocenters. The third kappa shape index (κ3) is 11.3. The summed E-state index contributed by atoms with van der Waals surface area (Å²) in [6, 6.07) is 17.7. The Kier molecular flexibility index (Phi) is 15.8. The molecule has 4 fully saturated rings. The maximum absolute atomic E-state index is 6.26. The number of aromatic amines is 2. The second-order valence-corrected chi connectivity index (χ2v) is 23.8. The van der Waals surface area contributed by atoms with E-state index in [1.54, 1.807) is 11.3 Å². The minimum absolute atomic E-state index is 0.258.